The number of hydrogen-bond donors (Lipinski definition) is 1. The Bertz CT molecular complexity index is 1340. The van der Waals surface area contributed by atoms with Crippen LogP contribution >= 0.6 is 27.3 Å². The highest BCUT2D eigenvalue weighted by Gasteiger charge is 2.48. The molecule has 0 radical (unpaired) electrons. The van der Waals surface area contributed by atoms with Crippen LogP contribution < -0.4 is 4.90 Å². The predicted octanol–water partition coefficient (Wildman–Crippen LogP) is 5.66. The van der Waals surface area contributed by atoms with Crippen LogP contribution in [0.25, 0.3) is 5.76 Å². The summed E-state index contributed by atoms with van der Waals surface area (Å²) in [6.07, 6.45) is 0. The van der Waals surface area contributed by atoms with Gasteiger partial charge >= 0.3 is 5.91 Å². The van der Waals surface area contributed by atoms with E-state index in [-0.39, 0.29) is 22.2 Å². The highest BCUT2D eigenvalue weighted by atomic mass is 79.9. The van der Waals surface area contributed by atoms with Crippen molar-refractivity contribution in [1.82, 2.24) is 4.98 Å². The second kappa shape index (κ2) is 8.68. The molecule has 0 aliphatic carbocycles. The van der Waals surface area contributed by atoms with Crippen LogP contribution in [0, 0.1) is 20.8 Å². The van der Waals surface area contributed by atoms with Crippen molar-refractivity contribution < 1.29 is 19.5 Å². The lowest BCUT2D eigenvalue weighted by Crippen LogP contribution is -2.29. The highest BCUT2D eigenvalue weighted by Crippen LogP contribution is 2.44. The molecule has 2 heterocycles. The molecule has 1 unspecified atom stereocenters. The Morgan fingerprint density at radius 2 is 1.76 bits per heavy atom. The largest absolute Gasteiger partial charge is 0.507 e. The number of aromatic nitrogens is 1. The summed E-state index contributed by atoms with van der Waals surface area (Å²) in [7, 11) is 0. The third-order valence-corrected chi connectivity index (χ3v) is 7.38. The van der Waals surface area contributed by atoms with Crippen LogP contribution in [0.4, 0.5) is 5.13 Å². The van der Waals surface area contributed by atoms with Crippen LogP contribution in [-0.2, 0) is 9.59 Å². The number of aliphatic hydroxyl groups is 1. The maximum atomic E-state index is 13.3. The Hall–Kier alpha value is -3.10. The summed E-state index contributed by atoms with van der Waals surface area (Å²) in [5, 5.41) is 11.6. The molecule has 8 heteroatoms. The molecule has 3 aromatic rings. The van der Waals surface area contributed by atoms with Crippen molar-refractivity contribution in [2.24, 2.45) is 0 Å². The molecule has 0 saturated carbocycles. The summed E-state index contributed by atoms with van der Waals surface area (Å²) in [5.74, 6) is -1.98. The number of Topliss-reactive ketones (excluding diaryl/α,β-unsaturated/α-hetero) is 2. The Kier molecular flexibility index (Phi) is 6.07. The number of hydrogen-bond acceptors (Lipinski definition) is 6. The third kappa shape index (κ3) is 4.05. The van der Waals surface area contributed by atoms with E-state index >= 15 is 0 Å². The van der Waals surface area contributed by atoms with Gasteiger partial charge in [-0.2, -0.15) is 0 Å². The lowest BCUT2D eigenvalue weighted by atomic mass is 9.93. The number of ketones is 2. The number of carbonyl (C=O) groups is 3. The lowest BCUT2D eigenvalue weighted by Gasteiger charge is -2.23. The maximum absolute atomic E-state index is 13.3. The monoisotopic (exact) mass is 524 g/mol. The highest BCUT2D eigenvalue weighted by molar-refractivity contribution is 9.10. The smallest absolute Gasteiger partial charge is 0.301 e. The van der Waals surface area contributed by atoms with Crippen molar-refractivity contribution in [1.29, 1.82) is 0 Å². The number of carbonyl (C=O) groups excluding carboxylic acids is 3. The van der Waals surface area contributed by atoms with Crippen LogP contribution in [-0.4, -0.2) is 27.6 Å². The molecule has 0 bridgehead atoms. The van der Waals surface area contributed by atoms with Crippen molar-refractivity contribution in [2.45, 2.75) is 33.7 Å². The molecule has 33 heavy (non-hydrogen) atoms. The van der Waals surface area contributed by atoms with E-state index in [0.29, 0.717) is 21.7 Å². The van der Waals surface area contributed by atoms with Gasteiger partial charge in [0.15, 0.2) is 10.9 Å². The Morgan fingerprint density at radius 1 is 1.09 bits per heavy atom. The first-order valence-corrected chi connectivity index (χ1v) is 11.8. The number of aryl methyl sites for hydroxylation is 3. The molecule has 1 saturated heterocycles. The molecular weight excluding hydrogens is 504 g/mol. The van der Waals surface area contributed by atoms with E-state index in [1.165, 1.54) is 11.8 Å². The number of benzene rings is 2. The zero-order valence-corrected chi connectivity index (χ0v) is 20.9. The quantitative estimate of drug-likeness (QED) is 0.206. The molecule has 1 atom stereocenters. The van der Waals surface area contributed by atoms with Gasteiger partial charge in [-0.15, -0.1) is 0 Å². The van der Waals surface area contributed by atoms with Crippen LogP contribution in [0.2, 0.25) is 0 Å². The number of anilines is 1. The van der Waals surface area contributed by atoms with Gasteiger partial charge in [-0.3, -0.25) is 19.3 Å². The minimum absolute atomic E-state index is 0.00625. The van der Waals surface area contributed by atoms with E-state index < -0.39 is 17.7 Å². The molecule has 2 aromatic carbocycles. The zero-order chi connectivity index (χ0) is 24.0. The van der Waals surface area contributed by atoms with Gasteiger partial charge in [-0.25, -0.2) is 4.98 Å². The van der Waals surface area contributed by atoms with Gasteiger partial charge in [-0.05, 0) is 50.1 Å². The van der Waals surface area contributed by atoms with E-state index in [4.69, 9.17) is 0 Å². The molecule has 1 aliphatic heterocycles. The van der Waals surface area contributed by atoms with Crippen LogP contribution in [0.15, 0.2) is 52.5 Å². The van der Waals surface area contributed by atoms with Crippen LogP contribution in [0.3, 0.4) is 0 Å². The van der Waals surface area contributed by atoms with Crippen LogP contribution in [0.1, 0.15) is 50.6 Å². The van der Waals surface area contributed by atoms with Gasteiger partial charge in [0, 0.05) is 17.0 Å². The minimum Gasteiger partial charge on any atom is -0.507 e. The minimum atomic E-state index is -0.886. The van der Waals surface area contributed by atoms with E-state index in [9.17, 15) is 19.5 Å². The van der Waals surface area contributed by atoms with E-state index in [1.807, 2.05) is 38.1 Å². The van der Waals surface area contributed by atoms with E-state index in [1.54, 1.807) is 25.1 Å². The first-order valence-electron chi connectivity index (χ1n) is 10.2. The molecule has 0 spiro atoms. The summed E-state index contributed by atoms with van der Waals surface area (Å²) in [6.45, 7) is 6.86. The molecule has 1 aromatic heterocycles. The molecule has 168 valence electrons. The lowest BCUT2D eigenvalue weighted by molar-refractivity contribution is -0.132. The average Bonchev–Trinajstić information content (AvgIpc) is 3.27. The summed E-state index contributed by atoms with van der Waals surface area (Å²) >= 11 is 4.47. The van der Waals surface area contributed by atoms with Gasteiger partial charge in [0.25, 0.3) is 5.78 Å². The fourth-order valence-corrected chi connectivity index (χ4v) is 5.19. The Labute approximate surface area is 203 Å². The number of rotatable bonds is 4. The van der Waals surface area contributed by atoms with Gasteiger partial charge in [0.2, 0.25) is 0 Å². The number of halogens is 1. The summed E-state index contributed by atoms with van der Waals surface area (Å²) in [6, 6.07) is 11.9. The molecule has 1 aliphatic rings. The van der Waals surface area contributed by atoms with Gasteiger partial charge < -0.3 is 5.11 Å². The van der Waals surface area contributed by atoms with Crippen LogP contribution in [0.5, 0.6) is 0 Å². The summed E-state index contributed by atoms with van der Waals surface area (Å²) < 4.78 is 0.835. The predicted molar refractivity (Wildman–Crippen MR) is 132 cm³/mol. The molecule has 1 amide bonds. The Morgan fingerprint density at radius 3 is 2.36 bits per heavy atom. The molecule has 1 fully saturated rings. The van der Waals surface area contributed by atoms with Crippen molar-refractivity contribution in [2.75, 3.05) is 4.90 Å². The zero-order valence-electron chi connectivity index (χ0n) is 18.5. The van der Waals surface area contributed by atoms with Gasteiger partial charge in [0.1, 0.15) is 5.76 Å². The van der Waals surface area contributed by atoms with Crippen molar-refractivity contribution in [3.63, 3.8) is 0 Å². The van der Waals surface area contributed by atoms with E-state index in [0.717, 1.165) is 26.9 Å². The molecule has 6 nitrogen and oxygen atoms in total. The second-order valence-electron chi connectivity index (χ2n) is 8.01. The van der Waals surface area contributed by atoms with Crippen molar-refractivity contribution in [3.05, 3.63) is 85.3 Å². The SMILES string of the molecule is CC(=O)c1sc(N2C(=O)C(=O)/C(=C(/O)c3cc(C)ccc3C)C2c2ccc(Br)cc2)nc1C. The second-order valence-corrected chi connectivity index (χ2v) is 9.90. The van der Waals surface area contributed by atoms with Crippen molar-refractivity contribution >= 4 is 55.6 Å². The first-order chi connectivity index (χ1) is 15.6. The first kappa shape index (κ1) is 23.1. The molecular formula is C25H21BrN2O4S. The Balaban J connectivity index is 1.98. The third-order valence-electron chi connectivity index (χ3n) is 5.59. The normalized spacial score (nSPS) is 17.6. The van der Waals surface area contributed by atoms with E-state index in [2.05, 4.69) is 20.9 Å². The number of nitrogens with zero attached hydrogens (tertiary/aromatic N) is 2. The van der Waals surface area contributed by atoms with Gasteiger partial charge in [0.05, 0.1) is 22.2 Å². The van der Waals surface area contributed by atoms with Gasteiger partial charge in [-0.1, -0.05) is 57.1 Å². The summed E-state index contributed by atoms with van der Waals surface area (Å²) in [4.78, 5) is 44.7. The number of aliphatic hydroxyl groups excluding tert-OH is 1. The van der Waals surface area contributed by atoms with Crippen molar-refractivity contribution in [3.8, 4) is 0 Å². The number of amides is 1. The fraction of sp³-hybridized carbons (Fsp3) is 0.200. The maximum Gasteiger partial charge on any atom is 0.301 e. The standard InChI is InChI=1S/C25H21BrN2O4S/c1-12-5-6-13(2)18(11-12)21(30)19-20(16-7-9-17(26)10-8-16)28(24(32)22(19)31)25-27-14(3)23(33-25)15(4)29/h5-11,20,30H,1-4H3/b21-19+. The number of thiazole rings is 1. The molecule has 4 rings (SSSR count). The molecule has 1 N–H and O–H groups in total. The fourth-order valence-electron chi connectivity index (χ4n) is 3.94. The topological polar surface area (TPSA) is 87.6 Å². The summed E-state index contributed by atoms with van der Waals surface area (Å²) in [5.41, 5.74) is 3.32. The average molecular weight is 525 g/mol.